The molecule has 1 rings (SSSR count). The molecule has 15 heavy (non-hydrogen) atoms. The Morgan fingerprint density at radius 2 is 2.00 bits per heavy atom. The molecular weight excluding hydrogens is 210 g/mol. The Hall–Kier alpha value is -0.730. The molecule has 0 saturated heterocycles. The first-order valence-electron chi connectivity index (χ1n) is 5.18. The van der Waals surface area contributed by atoms with E-state index in [2.05, 4.69) is 13.8 Å². The van der Waals surface area contributed by atoms with Crippen molar-refractivity contribution in [3.63, 3.8) is 0 Å². The van der Waals surface area contributed by atoms with Gasteiger partial charge in [-0.25, -0.2) is 0 Å². The quantitative estimate of drug-likeness (QED) is 0.856. The topological polar surface area (TPSA) is 35.2 Å². The van der Waals surface area contributed by atoms with Crippen LogP contribution in [0.2, 0.25) is 5.02 Å². The maximum Gasteiger partial charge on any atom is 0.124 e. The van der Waals surface area contributed by atoms with Gasteiger partial charge in [0.05, 0.1) is 6.61 Å². The van der Waals surface area contributed by atoms with Crippen LogP contribution in [-0.2, 0) is 0 Å². The van der Waals surface area contributed by atoms with Crippen molar-refractivity contribution >= 4 is 11.6 Å². The molecule has 0 amide bonds. The third-order valence-electron chi connectivity index (χ3n) is 2.03. The fourth-order valence-electron chi connectivity index (χ4n) is 1.26. The van der Waals surface area contributed by atoms with Crippen LogP contribution < -0.4 is 10.5 Å². The molecule has 1 atom stereocenters. The first kappa shape index (κ1) is 12.3. The first-order chi connectivity index (χ1) is 7.00. The zero-order valence-electron chi connectivity index (χ0n) is 9.46. The highest BCUT2D eigenvalue weighted by atomic mass is 35.5. The van der Waals surface area contributed by atoms with Gasteiger partial charge in [0.15, 0.2) is 0 Å². The van der Waals surface area contributed by atoms with E-state index in [-0.39, 0.29) is 6.04 Å². The summed E-state index contributed by atoms with van der Waals surface area (Å²) in [5, 5.41) is 0.694. The third-order valence-corrected chi connectivity index (χ3v) is 2.27. The highest BCUT2D eigenvalue weighted by Gasteiger charge is 2.09. The van der Waals surface area contributed by atoms with E-state index in [0.717, 1.165) is 11.3 Å². The molecule has 3 heteroatoms. The van der Waals surface area contributed by atoms with E-state index in [1.54, 1.807) is 0 Å². The van der Waals surface area contributed by atoms with Crippen molar-refractivity contribution in [2.45, 2.75) is 26.8 Å². The van der Waals surface area contributed by atoms with Crippen LogP contribution in [0.15, 0.2) is 18.2 Å². The van der Waals surface area contributed by atoms with Crippen LogP contribution in [0.1, 0.15) is 32.4 Å². The van der Waals surface area contributed by atoms with Crippen molar-refractivity contribution in [3.05, 3.63) is 28.8 Å². The van der Waals surface area contributed by atoms with Gasteiger partial charge in [-0.1, -0.05) is 25.4 Å². The average molecular weight is 228 g/mol. The van der Waals surface area contributed by atoms with Crippen molar-refractivity contribution in [2.75, 3.05) is 6.61 Å². The molecule has 0 radical (unpaired) electrons. The summed E-state index contributed by atoms with van der Waals surface area (Å²) in [5.74, 6) is 1.34. The number of hydrogen-bond donors (Lipinski definition) is 1. The summed E-state index contributed by atoms with van der Waals surface area (Å²) >= 11 is 5.91. The molecule has 0 unspecified atom stereocenters. The highest BCUT2D eigenvalue weighted by molar-refractivity contribution is 6.30. The van der Waals surface area contributed by atoms with Crippen molar-refractivity contribution in [2.24, 2.45) is 11.7 Å². The smallest absolute Gasteiger partial charge is 0.124 e. The zero-order chi connectivity index (χ0) is 11.4. The Morgan fingerprint density at radius 3 is 2.53 bits per heavy atom. The van der Waals surface area contributed by atoms with Crippen LogP contribution in [0.5, 0.6) is 5.75 Å². The van der Waals surface area contributed by atoms with Gasteiger partial charge in [0.1, 0.15) is 5.75 Å². The van der Waals surface area contributed by atoms with Gasteiger partial charge >= 0.3 is 0 Å². The summed E-state index contributed by atoms with van der Waals surface area (Å²) in [4.78, 5) is 0. The lowest BCUT2D eigenvalue weighted by atomic mass is 10.1. The largest absolute Gasteiger partial charge is 0.493 e. The molecule has 0 saturated carbocycles. The molecule has 84 valence electrons. The lowest BCUT2D eigenvalue weighted by molar-refractivity contribution is 0.267. The predicted octanol–water partition coefficient (Wildman–Crippen LogP) is 3.39. The Bertz CT molecular complexity index is 323. The Morgan fingerprint density at radius 1 is 1.33 bits per heavy atom. The van der Waals surface area contributed by atoms with Crippen molar-refractivity contribution in [3.8, 4) is 5.75 Å². The number of halogens is 1. The number of benzene rings is 1. The average Bonchev–Trinajstić information content (AvgIpc) is 2.15. The lowest BCUT2D eigenvalue weighted by Crippen LogP contribution is -2.10. The van der Waals surface area contributed by atoms with E-state index < -0.39 is 0 Å². The summed E-state index contributed by atoms with van der Waals surface area (Å²) < 4.78 is 5.68. The van der Waals surface area contributed by atoms with E-state index in [1.807, 2.05) is 25.1 Å². The van der Waals surface area contributed by atoms with Gasteiger partial charge in [-0.2, -0.15) is 0 Å². The van der Waals surface area contributed by atoms with Crippen molar-refractivity contribution in [1.82, 2.24) is 0 Å². The van der Waals surface area contributed by atoms with E-state index in [0.29, 0.717) is 17.5 Å². The highest BCUT2D eigenvalue weighted by Crippen LogP contribution is 2.27. The molecular formula is C12H18ClNO. The molecule has 2 N–H and O–H groups in total. The number of ether oxygens (including phenoxy) is 1. The normalized spacial score (nSPS) is 12.9. The van der Waals surface area contributed by atoms with Gasteiger partial charge in [-0.15, -0.1) is 0 Å². The summed E-state index contributed by atoms with van der Waals surface area (Å²) in [6.45, 7) is 6.85. The van der Waals surface area contributed by atoms with Crippen LogP contribution in [-0.4, -0.2) is 6.61 Å². The Kier molecular flexibility index (Phi) is 4.43. The van der Waals surface area contributed by atoms with Crippen LogP contribution in [0, 0.1) is 5.92 Å². The number of rotatable bonds is 4. The number of nitrogens with two attached hydrogens (primary N) is 1. The van der Waals surface area contributed by atoms with Gasteiger partial charge in [0.2, 0.25) is 0 Å². The van der Waals surface area contributed by atoms with Gasteiger partial charge in [-0.3, -0.25) is 0 Å². The maximum absolute atomic E-state index is 5.91. The first-order valence-corrected chi connectivity index (χ1v) is 5.56. The summed E-state index contributed by atoms with van der Waals surface area (Å²) in [5.41, 5.74) is 6.81. The second-order valence-corrected chi connectivity index (χ2v) is 4.61. The minimum absolute atomic E-state index is 0.0640. The van der Waals surface area contributed by atoms with Crippen LogP contribution in [0.3, 0.4) is 0 Å². The van der Waals surface area contributed by atoms with E-state index in [4.69, 9.17) is 22.1 Å². The summed E-state index contributed by atoms with van der Waals surface area (Å²) in [7, 11) is 0. The van der Waals surface area contributed by atoms with Crippen LogP contribution >= 0.6 is 11.6 Å². The van der Waals surface area contributed by atoms with E-state index in [9.17, 15) is 0 Å². The molecule has 2 nitrogen and oxygen atoms in total. The van der Waals surface area contributed by atoms with Crippen LogP contribution in [0.4, 0.5) is 0 Å². The number of hydrogen-bond acceptors (Lipinski definition) is 2. The third kappa shape index (κ3) is 3.73. The van der Waals surface area contributed by atoms with Gasteiger partial charge in [0.25, 0.3) is 0 Å². The van der Waals surface area contributed by atoms with Gasteiger partial charge in [-0.05, 0) is 31.0 Å². The molecule has 0 spiro atoms. The molecule has 0 heterocycles. The fourth-order valence-corrected chi connectivity index (χ4v) is 1.44. The van der Waals surface area contributed by atoms with Gasteiger partial charge < -0.3 is 10.5 Å². The predicted molar refractivity (Wildman–Crippen MR) is 64.4 cm³/mol. The van der Waals surface area contributed by atoms with Crippen LogP contribution in [0.25, 0.3) is 0 Å². The molecule has 0 aliphatic heterocycles. The molecule has 1 aromatic carbocycles. The fraction of sp³-hybridized carbons (Fsp3) is 0.500. The van der Waals surface area contributed by atoms with Gasteiger partial charge in [0, 0.05) is 16.6 Å². The second kappa shape index (κ2) is 5.38. The minimum atomic E-state index is -0.0640. The molecule has 0 aliphatic rings. The molecule has 0 aliphatic carbocycles. The van der Waals surface area contributed by atoms with E-state index >= 15 is 0 Å². The lowest BCUT2D eigenvalue weighted by Gasteiger charge is -2.15. The Balaban J connectivity index is 2.86. The molecule has 0 aromatic heterocycles. The summed E-state index contributed by atoms with van der Waals surface area (Å²) in [6.07, 6.45) is 0. The second-order valence-electron chi connectivity index (χ2n) is 4.18. The standard InChI is InChI=1S/C12H18ClNO/c1-8(2)7-15-12-5-4-10(13)6-11(12)9(3)14/h4-6,8-9H,7,14H2,1-3H3/t9-/m1/s1. The van der Waals surface area contributed by atoms with Crippen molar-refractivity contribution < 1.29 is 4.74 Å². The monoisotopic (exact) mass is 227 g/mol. The molecule has 1 aromatic rings. The zero-order valence-corrected chi connectivity index (χ0v) is 10.2. The maximum atomic E-state index is 5.91. The van der Waals surface area contributed by atoms with E-state index in [1.165, 1.54) is 0 Å². The Labute approximate surface area is 96.4 Å². The molecule has 0 fully saturated rings. The SMILES string of the molecule is CC(C)COc1ccc(Cl)cc1[C@@H](C)N. The summed E-state index contributed by atoms with van der Waals surface area (Å²) in [6, 6.07) is 5.50. The minimum Gasteiger partial charge on any atom is -0.493 e. The molecule has 0 bridgehead atoms. The van der Waals surface area contributed by atoms with Crippen molar-refractivity contribution in [1.29, 1.82) is 0 Å².